The van der Waals surface area contributed by atoms with E-state index in [9.17, 15) is 9.59 Å². The third-order valence-corrected chi connectivity index (χ3v) is 2.89. The Morgan fingerprint density at radius 3 is 2.74 bits per heavy atom. The number of hydrogen-bond donors (Lipinski definition) is 2. The number of carbonyl (C=O) groups excluding carboxylic acids is 2. The van der Waals surface area contributed by atoms with Crippen LogP contribution in [0.1, 0.15) is 19.0 Å². The van der Waals surface area contributed by atoms with Crippen LogP contribution in [0, 0.1) is 6.92 Å². The van der Waals surface area contributed by atoms with Gasteiger partial charge in [-0.25, -0.2) is 4.98 Å². The highest BCUT2D eigenvalue weighted by atomic mass is 16.2. The highest BCUT2D eigenvalue weighted by Crippen LogP contribution is 2.17. The maximum Gasteiger partial charge on any atom is 0.251 e. The van der Waals surface area contributed by atoms with Gasteiger partial charge in [-0.2, -0.15) is 4.98 Å². The number of carbonyl (C=O) groups is 2. The summed E-state index contributed by atoms with van der Waals surface area (Å²) in [6.45, 7) is 4.51. The standard InChI is InChI=1S/C12H17N5O2/c1-4-13-12-14-7(2)5-9(16-12)15-8-6-10(18)17(3)11(8)19/h5,8H,4,6H2,1-3H3,(H2,13,14,15,16). The van der Waals surface area contributed by atoms with E-state index in [4.69, 9.17) is 0 Å². The van der Waals surface area contributed by atoms with E-state index in [2.05, 4.69) is 20.6 Å². The molecule has 2 heterocycles. The number of imide groups is 1. The Hall–Kier alpha value is -2.18. The molecule has 7 heteroatoms. The van der Waals surface area contributed by atoms with Crippen molar-refractivity contribution in [1.82, 2.24) is 14.9 Å². The second kappa shape index (κ2) is 5.21. The monoisotopic (exact) mass is 263 g/mol. The van der Waals surface area contributed by atoms with Crippen LogP contribution in [0.25, 0.3) is 0 Å². The second-order valence-corrected chi connectivity index (χ2v) is 4.44. The van der Waals surface area contributed by atoms with Gasteiger partial charge in [-0.15, -0.1) is 0 Å². The van der Waals surface area contributed by atoms with Gasteiger partial charge in [0.15, 0.2) is 0 Å². The number of likely N-dealkylation sites (N-methyl/N-ethyl adjacent to an activating group) is 1. The Morgan fingerprint density at radius 1 is 1.42 bits per heavy atom. The van der Waals surface area contributed by atoms with Crippen molar-refractivity contribution < 1.29 is 9.59 Å². The van der Waals surface area contributed by atoms with Gasteiger partial charge in [-0.1, -0.05) is 0 Å². The fourth-order valence-corrected chi connectivity index (χ4v) is 1.93. The summed E-state index contributed by atoms with van der Waals surface area (Å²) in [5.41, 5.74) is 0.790. The summed E-state index contributed by atoms with van der Waals surface area (Å²) in [4.78, 5) is 32.9. The zero-order chi connectivity index (χ0) is 14.0. The summed E-state index contributed by atoms with van der Waals surface area (Å²) >= 11 is 0. The first-order chi connectivity index (χ1) is 9.01. The van der Waals surface area contributed by atoms with Crippen LogP contribution in [0.3, 0.4) is 0 Å². The van der Waals surface area contributed by atoms with Crippen LogP contribution in [0.15, 0.2) is 6.07 Å². The fraction of sp³-hybridized carbons (Fsp3) is 0.500. The Kier molecular flexibility index (Phi) is 3.64. The minimum absolute atomic E-state index is 0.162. The highest BCUT2D eigenvalue weighted by Gasteiger charge is 2.36. The lowest BCUT2D eigenvalue weighted by atomic mass is 10.2. The van der Waals surface area contributed by atoms with Gasteiger partial charge in [-0.3, -0.25) is 14.5 Å². The average Bonchev–Trinajstić information content (AvgIpc) is 2.57. The summed E-state index contributed by atoms with van der Waals surface area (Å²) in [6.07, 6.45) is 0.162. The number of hydrogen-bond acceptors (Lipinski definition) is 6. The first kappa shape index (κ1) is 13.3. The average molecular weight is 263 g/mol. The largest absolute Gasteiger partial charge is 0.358 e. The van der Waals surface area contributed by atoms with E-state index in [1.165, 1.54) is 7.05 Å². The number of nitrogens with zero attached hydrogens (tertiary/aromatic N) is 3. The van der Waals surface area contributed by atoms with E-state index < -0.39 is 6.04 Å². The molecule has 0 aromatic carbocycles. The van der Waals surface area contributed by atoms with E-state index in [-0.39, 0.29) is 18.2 Å². The molecular weight excluding hydrogens is 246 g/mol. The number of anilines is 2. The first-order valence-corrected chi connectivity index (χ1v) is 6.17. The van der Waals surface area contributed by atoms with Gasteiger partial charge in [0, 0.05) is 25.4 Å². The van der Waals surface area contributed by atoms with Crippen LogP contribution < -0.4 is 10.6 Å². The van der Waals surface area contributed by atoms with Crippen molar-refractivity contribution in [3.8, 4) is 0 Å². The van der Waals surface area contributed by atoms with Crippen molar-refractivity contribution in [3.05, 3.63) is 11.8 Å². The molecule has 0 saturated carbocycles. The number of aromatic nitrogens is 2. The van der Waals surface area contributed by atoms with Crippen LogP contribution in [0.4, 0.5) is 11.8 Å². The molecule has 0 radical (unpaired) electrons. The molecule has 2 N–H and O–H groups in total. The van der Waals surface area contributed by atoms with E-state index in [0.29, 0.717) is 18.3 Å². The molecule has 1 aromatic heterocycles. The minimum atomic E-state index is -0.540. The number of likely N-dealkylation sites (tertiary alicyclic amines) is 1. The summed E-state index contributed by atoms with van der Waals surface area (Å²) < 4.78 is 0. The zero-order valence-electron chi connectivity index (χ0n) is 11.2. The molecule has 7 nitrogen and oxygen atoms in total. The lowest BCUT2D eigenvalue weighted by Gasteiger charge is -2.13. The van der Waals surface area contributed by atoms with Gasteiger partial charge in [0.1, 0.15) is 11.9 Å². The van der Waals surface area contributed by atoms with Gasteiger partial charge in [-0.05, 0) is 13.8 Å². The first-order valence-electron chi connectivity index (χ1n) is 6.17. The van der Waals surface area contributed by atoms with Crippen molar-refractivity contribution in [2.45, 2.75) is 26.3 Å². The summed E-state index contributed by atoms with van der Waals surface area (Å²) in [7, 11) is 1.49. The molecule has 19 heavy (non-hydrogen) atoms. The SMILES string of the molecule is CCNc1nc(C)cc(NC2CC(=O)N(C)C2=O)n1. The van der Waals surface area contributed by atoms with Crippen molar-refractivity contribution >= 4 is 23.6 Å². The predicted octanol–water partition coefficient (Wildman–Crippen LogP) is 0.386. The van der Waals surface area contributed by atoms with Gasteiger partial charge >= 0.3 is 0 Å². The molecule has 2 amide bonds. The lowest BCUT2D eigenvalue weighted by molar-refractivity contribution is -0.136. The third-order valence-electron chi connectivity index (χ3n) is 2.89. The topological polar surface area (TPSA) is 87.2 Å². The number of aryl methyl sites for hydroxylation is 1. The van der Waals surface area contributed by atoms with E-state index in [1.807, 2.05) is 13.8 Å². The quantitative estimate of drug-likeness (QED) is 0.764. The molecule has 0 spiro atoms. The minimum Gasteiger partial charge on any atom is -0.358 e. The molecule has 2 rings (SSSR count). The summed E-state index contributed by atoms with van der Waals surface area (Å²) in [6, 6.07) is 1.21. The van der Waals surface area contributed by atoms with E-state index in [0.717, 1.165) is 10.6 Å². The van der Waals surface area contributed by atoms with Crippen LogP contribution in [-0.2, 0) is 9.59 Å². The lowest BCUT2D eigenvalue weighted by Crippen LogP contribution is -2.32. The Bertz CT molecular complexity index is 517. The molecule has 1 saturated heterocycles. The smallest absolute Gasteiger partial charge is 0.251 e. The van der Waals surface area contributed by atoms with Crippen LogP contribution >= 0.6 is 0 Å². The van der Waals surface area contributed by atoms with Gasteiger partial charge in [0.2, 0.25) is 11.9 Å². The fourth-order valence-electron chi connectivity index (χ4n) is 1.93. The summed E-state index contributed by atoms with van der Waals surface area (Å²) in [5, 5.41) is 6.01. The van der Waals surface area contributed by atoms with Crippen molar-refractivity contribution in [2.75, 3.05) is 24.2 Å². The zero-order valence-corrected chi connectivity index (χ0v) is 11.2. The Balaban J connectivity index is 2.15. The number of rotatable bonds is 4. The number of amides is 2. The van der Waals surface area contributed by atoms with Gasteiger partial charge < -0.3 is 10.6 Å². The molecule has 1 atom stereocenters. The van der Waals surface area contributed by atoms with E-state index >= 15 is 0 Å². The van der Waals surface area contributed by atoms with Crippen molar-refractivity contribution in [1.29, 1.82) is 0 Å². The summed E-state index contributed by atoms with van der Waals surface area (Å²) in [5.74, 6) is 0.645. The Labute approximate surface area is 111 Å². The third kappa shape index (κ3) is 2.81. The van der Waals surface area contributed by atoms with Crippen molar-refractivity contribution in [2.24, 2.45) is 0 Å². The van der Waals surface area contributed by atoms with Gasteiger partial charge in [0.25, 0.3) is 5.91 Å². The van der Waals surface area contributed by atoms with Crippen LogP contribution in [0.2, 0.25) is 0 Å². The van der Waals surface area contributed by atoms with E-state index in [1.54, 1.807) is 6.07 Å². The normalized spacial score (nSPS) is 18.9. The Morgan fingerprint density at radius 2 is 2.16 bits per heavy atom. The second-order valence-electron chi connectivity index (χ2n) is 4.44. The number of nitrogens with one attached hydrogen (secondary N) is 2. The van der Waals surface area contributed by atoms with Crippen LogP contribution in [0.5, 0.6) is 0 Å². The van der Waals surface area contributed by atoms with Gasteiger partial charge in [0.05, 0.1) is 6.42 Å². The van der Waals surface area contributed by atoms with Crippen LogP contribution in [-0.4, -0.2) is 46.3 Å². The molecule has 1 aliphatic heterocycles. The molecule has 1 unspecified atom stereocenters. The molecule has 0 bridgehead atoms. The molecule has 102 valence electrons. The molecule has 1 aromatic rings. The van der Waals surface area contributed by atoms with Crippen molar-refractivity contribution in [3.63, 3.8) is 0 Å². The maximum atomic E-state index is 11.8. The molecule has 1 fully saturated rings. The predicted molar refractivity (Wildman–Crippen MR) is 70.7 cm³/mol. The molecular formula is C12H17N5O2. The highest BCUT2D eigenvalue weighted by molar-refractivity contribution is 6.06. The maximum absolute atomic E-state index is 11.8. The molecule has 0 aliphatic carbocycles. The molecule has 1 aliphatic rings.